The lowest BCUT2D eigenvalue weighted by Crippen LogP contribution is -1.93. The molecule has 0 aliphatic rings. The highest BCUT2D eigenvalue weighted by Crippen LogP contribution is 2.37. The third-order valence-electron chi connectivity index (χ3n) is 3.61. The molecule has 3 aromatic rings. The van der Waals surface area contributed by atoms with E-state index in [2.05, 4.69) is 31.1 Å². The Morgan fingerprint density at radius 3 is 2.62 bits per heavy atom. The van der Waals surface area contributed by atoms with Gasteiger partial charge in [-0.3, -0.25) is 4.79 Å². The lowest BCUT2D eigenvalue weighted by molar-refractivity contribution is 0.0995. The molecule has 6 nitrogen and oxygen atoms in total. The summed E-state index contributed by atoms with van der Waals surface area (Å²) in [6.07, 6.45) is 0. The number of ether oxygens (including phenoxy) is 1. The highest BCUT2D eigenvalue weighted by molar-refractivity contribution is 9.10. The number of benzene rings is 2. The number of hydrogen-bond donors (Lipinski definition) is 2. The number of hydrogen-bond acceptors (Lipinski definition) is 4. The van der Waals surface area contributed by atoms with E-state index < -0.39 is 5.91 Å². The second-order valence-electron chi connectivity index (χ2n) is 5.20. The number of nitrogens with zero attached hydrogens (tertiary/aromatic N) is 2. The summed E-state index contributed by atoms with van der Waals surface area (Å²) in [7, 11) is 1.55. The highest BCUT2D eigenvalue weighted by Gasteiger charge is 2.13. The number of amides is 1. The van der Waals surface area contributed by atoms with E-state index in [9.17, 15) is 9.90 Å². The summed E-state index contributed by atoms with van der Waals surface area (Å²) >= 11 is 3.43. The molecule has 0 saturated heterocycles. The van der Waals surface area contributed by atoms with Crippen molar-refractivity contribution in [2.75, 3.05) is 7.11 Å². The van der Waals surface area contributed by atoms with E-state index in [0.717, 1.165) is 10.0 Å². The van der Waals surface area contributed by atoms with Crippen LogP contribution in [0, 0.1) is 6.92 Å². The third-order valence-corrected chi connectivity index (χ3v) is 4.46. The highest BCUT2D eigenvalue weighted by atomic mass is 79.9. The van der Waals surface area contributed by atoms with Crippen LogP contribution in [0.2, 0.25) is 0 Å². The first-order chi connectivity index (χ1) is 11.5. The number of H-pyrrole nitrogens is 1. The minimum Gasteiger partial charge on any atom is -0.497 e. The van der Waals surface area contributed by atoms with Gasteiger partial charge in [-0.1, -0.05) is 15.9 Å². The maximum Gasteiger partial charge on any atom is 0.295 e. The number of carbonyl (C=O) groups excluding carboxylic acids is 1. The van der Waals surface area contributed by atoms with E-state index >= 15 is 0 Å². The predicted octanol–water partition coefficient (Wildman–Crippen LogP) is 4.88. The summed E-state index contributed by atoms with van der Waals surface area (Å²) in [6, 6.07) is 10.3. The van der Waals surface area contributed by atoms with E-state index in [1.165, 1.54) is 0 Å². The van der Waals surface area contributed by atoms with Crippen LogP contribution in [-0.4, -0.2) is 23.1 Å². The van der Waals surface area contributed by atoms with Crippen LogP contribution in [-0.2, 0) is 0 Å². The van der Waals surface area contributed by atoms with Gasteiger partial charge in [-0.15, -0.1) is 10.2 Å². The minimum atomic E-state index is -0.500. The van der Waals surface area contributed by atoms with Gasteiger partial charge >= 0.3 is 0 Å². The van der Waals surface area contributed by atoms with Gasteiger partial charge in [-0.25, -0.2) is 0 Å². The first-order valence-electron chi connectivity index (χ1n) is 7.10. The van der Waals surface area contributed by atoms with Crippen LogP contribution in [0.1, 0.15) is 15.9 Å². The zero-order valence-electron chi connectivity index (χ0n) is 13.0. The van der Waals surface area contributed by atoms with Crippen LogP contribution in [0.3, 0.4) is 0 Å². The molecule has 0 fully saturated rings. The minimum absolute atomic E-state index is 0.131. The summed E-state index contributed by atoms with van der Waals surface area (Å²) in [4.78, 5) is 14.9. The predicted molar refractivity (Wildman–Crippen MR) is 94.2 cm³/mol. The molecule has 0 bridgehead atoms. The number of aryl methyl sites for hydroxylation is 1. The number of aromatic amines is 1. The number of azo groups is 1. The molecule has 1 heterocycles. The van der Waals surface area contributed by atoms with E-state index in [0.29, 0.717) is 22.2 Å². The van der Waals surface area contributed by atoms with Gasteiger partial charge in [0.05, 0.1) is 12.6 Å². The molecule has 1 aromatic heterocycles. The molecule has 0 radical (unpaired) electrons. The van der Waals surface area contributed by atoms with E-state index in [-0.39, 0.29) is 11.6 Å². The maximum atomic E-state index is 12.1. The Balaban J connectivity index is 1.93. The van der Waals surface area contributed by atoms with Crippen molar-refractivity contribution >= 4 is 38.4 Å². The first kappa shape index (κ1) is 16.2. The van der Waals surface area contributed by atoms with Crippen molar-refractivity contribution in [3.63, 3.8) is 0 Å². The molecule has 24 heavy (non-hydrogen) atoms. The van der Waals surface area contributed by atoms with Gasteiger partial charge in [0.2, 0.25) is 5.88 Å². The normalized spacial score (nSPS) is 11.3. The summed E-state index contributed by atoms with van der Waals surface area (Å²) in [5.74, 6) is 0.0211. The number of halogens is 1. The molecule has 0 spiro atoms. The lowest BCUT2D eigenvalue weighted by atomic mass is 10.1. The summed E-state index contributed by atoms with van der Waals surface area (Å²) < 4.78 is 5.96. The number of carbonyl (C=O) groups is 1. The van der Waals surface area contributed by atoms with Crippen LogP contribution in [0.25, 0.3) is 10.9 Å². The molecule has 0 aliphatic heterocycles. The Labute approximate surface area is 146 Å². The number of nitrogens with one attached hydrogen (secondary N) is 1. The smallest absolute Gasteiger partial charge is 0.295 e. The molecule has 0 atom stereocenters. The zero-order valence-corrected chi connectivity index (χ0v) is 14.6. The summed E-state index contributed by atoms with van der Waals surface area (Å²) in [5, 5.41) is 18.3. The molecule has 3 rings (SSSR count). The lowest BCUT2D eigenvalue weighted by Gasteiger charge is -1.99. The fraction of sp³-hybridized carbons (Fsp3) is 0.118. The molecule has 2 N–H and O–H groups in total. The van der Waals surface area contributed by atoms with Gasteiger partial charge < -0.3 is 14.8 Å². The van der Waals surface area contributed by atoms with Crippen LogP contribution in [0.5, 0.6) is 11.6 Å². The van der Waals surface area contributed by atoms with Crippen molar-refractivity contribution in [3.05, 3.63) is 52.0 Å². The topological polar surface area (TPSA) is 87.0 Å². The van der Waals surface area contributed by atoms with Crippen molar-refractivity contribution in [3.8, 4) is 11.6 Å². The SMILES string of the molecule is COc1ccc(C(=O)N=Nc2c(O)[nH]c3cc(Br)c(C)cc23)cc1. The van der Waals surface area contributed by atoms with E-state index in [1.807, 2.05) is 19.1 Å². The molecule has 1 amide bonds. The van der Waals surface area contributed by atoms with Gasteiger partial charge in [-0.2, -0.15) is 0 Å². The van der Waals surface area contributed by atoms with Crippen molar-refractivity contribution in [1.82, 2.24) is 4.98 Å². The maximum absolute atomic E-state index is 12.1. The zero-order chi connectivity index (χ0) is 17.3. The van der Waals surface area contributed by atoms with E-state index in [1.54, 1.807) is 31.4 Å². The van der Waals surface area contributed by atoms with Crippen molar-refractivity contribution in [2.24, 2.45) is 10.2 Å². The number of aromatic nitrogens is 1. The Morgan fingerprint density at radius 2 is 1.96 bits per heavy atom. The van der Waals surface area contributed by atoms with Crippen LogP contribution in [0.15, 0.2) is 51.1 Å². The molecular weight excluding hydrogens is 374 g/mol. The third kappa shape index (κ3) is 3.03. The number of methoxy groups -OCH3 is 1. The monoisotopic (exact) mass is 387 g/mol. The summed E-state index contributed by atoms with van der Waals surface area (Å²) in [5.41, 5.74) is 2.32. The fourth-order valence-electron chi connectivity index (χ4n) is 2.28. The molecule has 0 saturated carbocycles. The molecule has 122 valence electrons. The number of aromatic hydroxyl groups is 1. The van der Waals surface area contributed by atoms with Gasteiger partial charge in [0.15, 0.2) is 5.69 Å². The van der Waals surface area contributed by atoms with Gasteiger partial charge in [0.25, 0.3) is 5.91 Å². The van der Waals surface area contributed by atoms with Crippen LogP contribution < -0.4 is 4.74 Å². The molecule has 7 heteroatoms. The largest absolute Gasteiger partial charge is 0.497 e. The van der Waals surface area contributed by atoms with Crippen molar-refractivity contribution < 1.29 is 14.6 Å². The van der Waals surface area contributed by atoms with Crippen LogP contribution >= 0.6 is 15.9 Å². The second kappa shape index (κ2) is 6.45. The Hall–Kier alpha value is -2.67. The van der Waals surface area contributed by atoms with Crippen molar-refractivity contribution in [1.29, 1.82) is 0 Å². The average Bonchev–Trinajstić information content (AvgIpc) is 2.87. The second-order valence-corrected chi connectivity index (χ2v) is 6.06. The van der Waals surface area contributed by atoms with Gasteiger partial charge in [-0.05, 0) is 48.9 Å². The fourth-order valence-corrected chi connectivity index (χ4v) is 2.63. The Morgan fingerprint density at radius 1 is 1.25 bits per heavy atom. The first-order valence-corrected chi connectivity index (χ1v) is 7.90. The molecule has 0 unspecified atom stereocenters. The van der Waals surface area contributed by atoms with Crippen LogP contribution in [0.4, 0.5) is 5.69 Å². The molecule has 0 aliphatic carbocycles. The number of fused-ring (bicyclic) bond motifs is 1. The molecular formula is C17H14BrN3O3. The van der Waals surface area contributed by atoms with Gasteiger partial charge in [0, 0.05) is 15.4 Å². The Kier molecular flexibility index (Phi) is 4.35. The Bertz CT molecular complexity index is 946. The summed E-state index contributed by atoms with van der Waals surface area (Å²) in [6.45, 7) is 1.93. The average molecular weight is 388 g/mol. The van der Waals surface area contributed by atoms with E-state index in [4.69, 9.17) is 4.74 Å². The number of rotatable bonds is 3. The quantitative estimate of drug-likeness (QED) is 0.627. The van der Waals surface area contributed by atoms with Gasteiger partial charge in [0.1, 0.15) is 5.75 Å². The van der Waals surface area contributed by atoms with Crippen molar-refractivity contribution in [2.45, 2.75) is 6.92 Å². The standard InChI is InChI=1S/C17H14BrN3O3/c1-9-7-12-14(8-13(9)18)19-17(23)15(12)20-21-16(22)10-3-5-11(24-2)6-4-10/h3-8,19,23H,1-2H3. The molecule has 2 aromatic carbocycles.